The van der Waals surface area contributed by atoms with Crippen LogP contribution in [0.3, 0.4) is 0 Å². The van der Waals surface area contributed by atoms with Crippen molar-refractivity contribution in [3.8, 4) is 33.8 Å². The molecule has 0 atom stereocenters. The number of methoxy groups -OCH3 is 2. The largest absolute Gasteiger partial charge is 0.497 e. The van der Waals surface area contributed by atoms with Gasteiger partial charge >= 0.3 is 0 Å². The Morgan fingerprint density at radius 2 is 1.00 bits per heavy atom. The molecule has 0 saturated heterocycles. The first-order valence-corrected chi connectivity index (χ1v) is 6.73. The van der Waals surface area contributed by atoms with Crippen LogP contribution in [0.5, 0.6) is 11.5 Å². The van der Waals surface area contributed by atoms with E-state index in [9.17, 15) is 0 Å². The zero-order valence-electron chi connectivity index (χ0n) is 11.3. The van der Waals surface area contributed by atoms with E-state index in [2.05, 4.69) is 0 Å². The van der Waals surface area contributed by atoms with Crippen molar-refractivity contribution in [2.24, 2.45) is 0 Å². The molecule has 0 unspecified atom stereocenters. The summed E-state index contributed by atoms with van der Waals surface area (Å²) in [4.78, 5) is 0. The van der Waals surface area contributed by atoms with E-state index in [-0.39, 0.29) is 0 Å². The first kappa shape index (κ1) is 12.9. The molecule has 0 aliphatic rings. The molecule has 3 heteroatoms. The van der Waals surface area contributed by atoms with E-state index in [1.807, 2.05) is 48.5 Å². The van der Waals surface area contributed by atoms with Gasteiger partial charge in [0.2, 0.25) is 0 Å². The van der Waals surface area contributed by atoms with Gasteiger partial charge < -0.3 is 9.47 Å². The van der Waals surface area contributed by atoms with E-state index in [0.29, 0.717) is 0 Å². The first-order valence-electron chi connectivity index (χ1n) is 6.32. The van der Waals surface area contributed by atoms with Crippen LogP contribution in [0.25, 0.3) is 22.3 Å². The topological polar surface area (TPSA) is 18.5 Å². The minimum absolute atomic E-state index is 0.854. The molecule has 3 rings (SSSR count). The molecule has 0 aliphatic carbocycles. The molecule has 0 heterocycles. The molecule has 0 amide bonds. The Balaban J connectivity index is 1.92. The predicted molar refractivity (Wildman–Crippen MR) is 83.6 cm³/mol. The molecule has 3 aromatic carbocycles. The number of hydrogen-bond donors (Lipinski definition) is 0. The summed E-state index contributed by atoms with van der Waals surface area (Å²) in [7, 11) is 3.33. The molecule has 0 aromatic heterocycles. The average molecular weight is 282 g/mol. The Bertz CT molecular complexity index is 670. The second-order valence-corrected chi connectivity index (χ2v) is 4.94. The maximum Gasteiger partial charge on any atom is 0.118 e. The lowest BCUT2D eigenvalue weighted by molar-refractivity contribution is 0.415. The molecule has 0 saturated carbocycles. The van der Waals surface area contributed by atoms with Crippen LogP contribution in [0, 0.1) is 4.51 Å². The van der Waals surface area contributed by atoms with Crippen molar-refractivity contribution < 1.29 is 9.47 Å². The smallest absolute Gasteiger partial charge is 0.118 e. The number of benzene rings is 2. The highest BCUT2D eigenvalue weighted by Crippen LogP contribution is 2.44. The summed E-state index contributed by atoms with van der Waals surface area (Å²) in [5.74, 6) is 1.71. The van der Waals surface area contributed by atoms with Crippen LogP contribution < -0.4 is 9.47 Å². The fourth-order valence-corrected chi connectivity index (χ4v) is 2.63. The normalized spacial score (nSPS) is 10.7. The lowest BCUT2D eigenvalue weighted by Gasteiger charge is -2.00. The second-order valence-electron chi connectivity index (χ2n) is 4.54. The minimum atomic E-state index is 0.854. The predicted octanol–water partition coefficient (Wildman–Crippen LogP) is 4.64. The maximum absolute atomic E-state index is 5.44. The van der Waals surface area contributed by atoms with Crippen molar-refractivity contribution in [3.05, 3.63) is 53.0 Å². The number of hydrogen-bond acceptors (Lipinski definition) is 3. The first-order chi connectivity index (χ1) is 9.74. The lowest BCUT2D eigenvalue weighted by Crippen LogP contribution is -1.81. The van der Waals surface area contributed by atoms with Gasteiger partial charge in [-0.2, -0.15) is 0 Å². The van der Waals surface area contributed by atoms with E-state index in [1.165, 1.54) is 0 Å². The summed E-state index contributed by atoms with van der Waals surface area (Å²) in [6.07, 6.45) is 0. The van der Waals surface area contributed by atoms with E-state index in [1.54, 1.807) is 14.2 Å². The van der Waals surface area contributed by atoms with Crippen LogP contribution >= 0.6 is 12.2 Å². The van der Waals surface area contributed by atoms with Gasteiger partial charge in [0.15, 0.2) is 0 Å². The van der Waals surface area contributed by atoms with E-state index >= 15 is 0 Å². The van der Waals surface area contributed by atoms with Crippen LogP contribution in [0.2, 0.25) is 0 Å². The van der Waals surface area contributed by atoms with E-state index in [0.717, 1.165) is 38.3 Å². The maximum atomic E-state index is 5.44. The Hall–Kier alpha value is -2.13. The second kappa shape index (κ2) is 5.10. The molecular weight excluding hydrogens is 268 g/mol. The fourth-order valence-electron chi connectivity index (χ4n) is 2.24. The summed E-state index contributed by atoms with van der Waals surface area (Å²) in [6.45, 7) is 0. The van der Waals surface area contributed by atoms with Crippen molar-refractivity contribution in [1.29, 1.82) is 0 Å². The van der Waals surface area contributed by atoms with Gasteiger partial charge in [0.05, 0.1) is 18.7 Å². The van der Waals surface area contributed by atoms with Gasteiger partial charge in [0.25, 0.3) is 0 Å². The highest BCUT2D eigenvalue weighted by Gasteiger charge is 2.21. The summed E-state index contributed by atoms with van der Waals surface area (Å²) < 4.78 is 11.3. The fraction of sp³-hybridized carbons (Fsp3) is 0.118. The molecule has 20 heavy (non-hydrogen) atoms. The van der Waals surface area contributed by atoms with Gasteiger partial charge in [-0.3, -0.25) is 0 Å². The van der Waals surface area contributed by atoms with Gasteiger partial charge in [0.1, 0.15) is 11.5 Å². The van der Waals surface area contributed by atoms with Gasteiger partial charge in [-0.25, -0.2) is 0 Å². The molecule has 3 aromatic rings. The van der Waals surface area contributed by atoms with Crippen LogP contribution in [-0.4, -0.2) is 14.2 Å². The third kappa shape index (κ3) is 2.21. The monoisotopic (exact) mass is 282 g/mol. The minimum Gasteiger partial charge on any atom is -0.497 e. The van der Waals surface area contributed by atoms with Crippen LogP contribution in [0.1, 0.15) is 0 Å². The van der Waals surface area contributed by atoms with Crippen LogP contribution in [0.4, 0.5) is 0 Å². The van der Waals surface area contributed by atoms with Crippen molar-refractivity contribution in [3.63, 3.8) is 0 Å². The third-order valence-corrected chi connectivity index (χ3v) is 3.81. The van der Waals surface area contributed by atoms with Crippen molar-refractivity contribution in [2.45, 2.75) is 0 Å². The molecule has 0 spiro atoms. The standard InChI is InChI=1S/C17H14O2S/c1-18-13-7-3-11(4-8-13)15-16(17(15)20)12-5-9-14(19-2)10-6-12/h3-10H,1-2H3. The Morgan fingerprint density at radius 1 is 0.650 bits per heavy atom. The van der Waals surface area contributed by atoms with E-state index < -0.39 is 0 Å². The zero-order chi connectivity index (χ0) is 14.1. The van der Waals surface area contributed by atoms with Crippen molar-refractivity contribution >= 4 is 12.2 Å². The van der Waals surface area contributed by atoms with Crippen LogP contribution in [0.15, 0.2) is 48.5 Å². The number of ether oxygens (including phenoxy) is 2. The summed E-state index contributed by atoms with van der Waals surface area (Å²) in [6, 6.07) is 16.0. The molecule has 0 bridgehead atoms. The average Bonchev–Trinajstić information content (AvgIpc) is 3.18. The summed E-state index contributed by atoms with van der Waals surface area (Å²) >= 11 is 5.44. The summed E-state index contributed by atoms with van der Waals surface area (Å²) in [5.41, 5.74) is 4.60. The molecular formula is C17H14O2S. The molecule has 0 radical (unpaired) electrons. The Kier molecular flexibility index (Phi) is 3.28. The molecule has 0 N–H and O–H groups in total. The SMILES string of the molecule is COc1ccc(-c2c(-c3ccc(OC)cc3)c2=S)cc1. The van der Waals surface area contributed by atoms with E-state index in [4.69, 9.17) is 21.7 Å². The molecule has 2 nitrogen and oxygen atoms in total. The highest BCUT2D eigenvalue weighted by atomic mass is 32.1. The quantitative estimate of drug-likeness (QED) is 0.649. The number of rotatable bonds is 4. The Morgan fingerprint density at radius 3 is 1.30 bits per heavy atom. The Labute approximate surface area is 123 Å². The van der Waals surface area contributed by atoms with Crippen molar-refractivity contribution in [1.82, 2.24) is 0 Å². The lowest BCUT2D eigenvalue weighted by atomic mass is 10.1. The summed E-state index contributed by atoms with van der Waals surface area (Å²) in [5, 5.41) is 0. The molecule has 0 aliphatic heterocycles. The highest BCUT2D eigenvalue weighted by molar-refractivity contribution is 7.72. The van der Waals surface area contributed by atoms with Gasteiger partial charge in [-0.15, -0.1) is 0 Å². The zero-order valence-corrected chi connectivity index (χ0v) is 12.2. The van der Waals surface area contributed by atoms with Gasteiger partial charge in [0, 0.05) is 11.1 Å². The van der Waals surface area contributed by atoms with Gasteiger partial charge in [-0.05, 0) is 35.4 Å². The van der Waals surface area contributed by atoms with Crippen LogP contribution in [-0.2, 0) is 0 Å². The molecule has 0 fully saturated rings. The molecule has 100 valence electrons. The van der Waals surface area contributed by atoms with Gasteiger partial charge in [-0.1, -0.05) is 36.5 Å². The van der Waals surface area contributed by atoms with Crippen molar-refractivity contribution in [2.75, 3.05) is 14.2 Å². The third-order valence-electron chi connectivity index (χ3n) is 3.40.